The second kappa shape index (κ2) is 8.71. The van der Waals surface area contributed by atoms with Gasteiger partial charge in [-0.3, -0.25) is 9.88 Å². The second-order valence-electron chi connectivity index (χ2n) is 6.79. The van der Waals surface area contributed by atoms with E-state index in [4.69, 9.17) is 9.47 Å². The zero-order valence-electron chi connectivity index (χ0n) is 14.7. The summed E-state index contributed by atoms with van der Waals surface area (Å²) in [6.07, 6.45) is 2.81. The molecule has 0 spiro atoms. The van der Waals surface area contributed by atoms with Crippen LogP contribution in [0.25, 0.3) is 0 Å². The highest BCUT2D eigenvalue weighted by atomic mass is 19.1. The molecule has 130 valence electrons. The summed E-state index contributed by atoms with van der Waals surface area (Å²) in [5.74, 6) is 0. The summed E-state index contributed by atoms with van der Waals surface area (Å²) in [6.45, 7) is 7.74. The van der Waals surface area contributed by atoms with Crippen LogP contribution in [0.4, 0.5) is 4.39 Å². The lowest BCUT2D eigenvalue weighted by molar-refractivity contribution is 0.0332. The third-order valence-electron chi connectivity index (χ3n) is 4.18. The molecule has 1 fully saturated rings. The van der Waals surface area contributed by atoms with E-state index >= 15 is 0 Å². The van der Waals surface area contributed by atoms with Crippen LogP contribution in [0, 0.1) is 0 Å². The summed E-state index contributed by atoms with van der Waals surface area (Å²) in [5.41, 5.74) is 2.14. The Morgan fingerprint density at radius 2 is 2.13 bits per heavy atom. The van der Waals surface area contributed by atoms with E-state index in [0.29, 0.717) is 26.2 Å². The average Bonchev–Trinajstić information content (AvgIpc) is 2.81. The molecule has 1 aliphatic heterocycles. The summed E-state index contributed by atoms with van der Waals surface area (Å²) in [7, 11) is 1.96. The Morgan fingerprint density at radius 3 is 2.78 bits per heavy atom. The van der Waals surface area contributed by atoms with E-state index < -0.39 is 6.17 Å². The molecule has 0 radical (unpaired) electrons. The first-order valence-corrected chi connectivity index (χ1v) is 8.45. The molecular weight excluding hydrogens is 295 g/mol. The van der Waals surface area contributed by atoms with Gasteiger partial charge >= 0.3 is 0 Å². The smallest absolute Gasteiger partial charge is 0.114 e. The van der Waals surface area contributed by atoms with Crippen LogP contribution in [-0.2, 0) is 22.5 Å². The maximum atomic E-state index is 13.4. The fourth-order valence-electron chi connectivity index (χ4n) is 2.86. The van der Waals surface area contributed by atoms with Gasteiger partial charge in [0.15, 0.2) is 0 Å². The van der Waals surface area contributed by atoms with Crippen molar-refractivity contribution >= 4 is 0 Å². The van der Waals surface area contributed by atoms with Crippen LogP contribution in [0.2, 0.25) is 0 Å². The highest BCUT2D eigenvalue weighted by molar-refractivity contribution is 5.16. The van der Waals surface area contributed by atoms with Gasteiger partial charge in [-0.15, -0.1) is 0 Å². The van der Waals surface area contributed by atoms with E-state index in [1.165, 1.54) is 5.56 Å². The number of rotatable bonds is 8. The highest BCUT2D eigenvalue weighted by Gasteiger charge is 2.29. The number of aromatic nitrogens is 1. The van der Waals surface area contributed by atoms with Crippen molar-refractivity contribution in [2.24, 2.45) is 0 Å². The lowest BCUT2D eigenvalue weighted by Gasteiger charge is -2.21. The van der Waals surface area contributed by atoms with E-state index in [0.717, 1.165) is 12.1 Å². The predicted octanol–water partition coefficient (Wildman–Crippen LogP) is 3.00. The molecule has 0 N–H and O–H groups in total. The zero-order chi connectivity index (χ0) is 16.8. The van der Waals surface area contributed by atoms with Crippen molar-refractivity contribution in [3.05, 3.63) is 29.6 Å². The molecule has 2 heterocycles. The Labute approximate surface area is 139 Å². The lowest BCUT2D eigenvalue weighted by Crippen LogP contribution is -2.31. The number of hydrogen-bond acceptors (Lipinski definition) is 4. The van der Waals surface area contributed by atoms with Crippen molar-refractivity contribution in [2.45, 2.75) is 64.6 Å². The van der Waals surface area contributed by atoms with Crippen LogP contribution in [0.3, 0.4) is 0 Å². The summed E-state index contributed by atoms with van der Waals surface area (Å²) in [5, 5.41) is 0. The first-order chi connectivity index (χ1) is 10.9. The Bertz CT molecular complexity index is 484. The number of halogens is 1. The third-order valence-corrected chi connectivity index (χ3v) is 4.18. The Morgan fingerprint density at radius 1 is 1.35 bits per heavy atom. The monoisotopic (exact) mass is 324 g/mol. The van der Waals surface area contributed by atoms with Crippen LogP contribution >= 0.6 is 0 Å². The summed E-state index contributed by atoms with van der Waals surface area (Å²) in [6, 6.07) is 4.28. The van der Waals surface area contributed by atoms with Gasteiger partial charge in [-0.2, -0.15) is 0 Å². The van der Waals surface area contributed by atoms with Gasteiger partial charge in [0.2, 0.25) is 0 Å². The highest BCUT2D eigenvalue weighted by Crippen LogP contribution is 2.19. The minimum absolute atomic E-state index is 0.100. The SMILES string of the molecule is CC(C)OCc1cc(CC(C)OC[C@@H]2C[C@H](F)CN2C)ccn1. The Kier molecular flexibility index (Phi) is 6.93. The van der Waals surface area contributed by atoms with Gasteiger partial charge in [-0.25, -0.2) is 4.39 Å². The second-order valence-corrected chi connectivity index (χ2v) is 6.79. The van der Waals surface area contributed by atoms with Crippen molar-refractivity contribution in [2.75, 3.05) is 20.2 Å². The van der Waals surface area contributed by atoms with Gasteiger partial charge in [0.1, 0.15) is 6.17 Å². The molecule has 1 unspecified atom stereocenters. The largest absolute Gasteiger partial charge is 0.377 e. The van der Waals surface area contributed by atoms with Crippen molar-refractivity contribution in [1.29, 1.82) is 0 Å². The van der Waals surface area contributed by atoms with Gasteiger partial charge in [-0.1, -0.05) is 0 Å². The topological polar surface area (TPSA) is 34.6 Å². The first kappa shape index (κ1) is 18.3. The van der Waals surface area contributed by atoms with Crippen LogP contribution in [0.1, 0.15) is 38.4 Å². The maximum Gasteiger partial charge on any atom is 0.114 e. The van der Waals surface area contributed by atoms with E-state index in [2.05, 4.69) is 18.0 Å². The summed E-state index contributed by atoms with van der Waals surface area (Å²) >= 11 is 0. The molecule has 0 amide bonds. The van der Waals surface area contributed by atoms with Crippen LogP contribution in [0.5, 0.6) is 0 Å². The number of pyridine rings is 1. The molecule has 1 aromatic rings. The van der Waals surface area contributed by atoms with E-state index in [9.17, 15) is 4.39 Å². The number of hydrogen-bond donors (Lipinski definition) is 0. The van der Waals surface area contributed by atoms with Crippen molar-refractivity contribution < 1.29 is 13.9 Å². The maximum absolute atomic E-state index is 13.4. The van der Waals surface area contributed by atoms with Crippen molar-refractivity contribution in [1.82, 2.24) is 9.88 Å². The van der Waals surface area contributed by atoms with Gasteiger partial charge in [0.25, 0.3) is 0 Å². The Balaban J connectivity index is 1.78. The molecule has 0 bridgehead atoms. The van der Waals surface area contributed by atoms with Crippen molar-refractivity contribution in [3.63, 3.8) is 0 Å². The molecule has 1 aromatic heterocycles. The van der Waals surface area contributed by atoms with Crippen LogP contribution in [0.15, 0.2) is 18.3 Å². The number of nitrogens with zero attached hydrogens (tertiary/aromatic N) is 2. The van der Waals surface area contributed by atoms with Crippen LogP contribution in [-0.4, -0.2) is 54.5 Å². The molecule has 3 atom stereocenters. The molecule has 2 rings (SSSR count). The fraction of sp³-hybridized carbons (Fsp3) is 0.722. The normalized spacial score (nSPS) is 23.6. The third kappa shape index (κ3) is 6.16. The van der Waals surface area contributed by atoms with Gasteiger partial charge in [-0.05, 0) is 58.4 Å². The molecule has 0 aromatic carbocycles. The standard InChI is InChI=1S/C18H29FN2O2/c1-13(2)22-11-17-8-15(5-6-20-17)7-14(3)23-12-18-9-16(19)10-21(18)4/h5-6,8,13-14,16,18H,7,9-12H2,1-4H3/t14?,16-,18-/m0/s1. The molecule has 0 saturated carbocycles. The zero-order valence-corrected chi connectivity index (χ0v) is 14.7. The fourth-order valence-corrected chi connectivity index (χ4v) is 2.86. The van der Waals surface area contributed by atoms with Gasteiger partial charge < -0.3 is 9.47 Å². The number of likely N-dealkylation sites (N-methyl/N-ethyl adjacent to an activating group) is 1. The van der Waals surface area contributed by atoms with E-state index in [1.54, 1.807) is 0 Å². The average molecular weight is 324 g/mol. The Hall–Kier alpha value is -1.04. The molecule has 5 heteroatoms. The molecule has 0 aliphatic carbocycles. The summed E-state index contributed by atoms with van der Waals surface area (Å²) < 4.78 is 24.9. The van der Waals surface area contributed by atoms with Gasteiger partial charge in [0, 0.05) is 18.8 Å². The van der Waals surface area contributed by atoms with E-state index in [-0.39, 0.29) is 18.2 Å². The molecule has 23 heavy (non-hydrogen) atoms. The van der Waals surface area contributed by atoms with E-state index in [1.807, 2.05) is 38.1 Å². The molecule has 4 nitrogen and oxygen atoms in total. The predicted molar refractivity (Wildman–Crippen MR) is 89.2 cm³/mol. The number of alkyl halides is 1. The van der Waals surface area contributed by atoms with Crippen molar-refractivity contribution in [3.8, 4) is 0 Å². The first-order valence-electron chi connectivity index (χ1n) is 8.45. The number of ether oxygens (including phenoxy) is 2. The molecule has 1 saturated heterocycles. The minimum atomic E-state index is -0.715. The lowest BCUT2D eigenvalue weighted by atomic mass is 10.1. The molecule has 1 aliphatic rings. The number of likely N-dealkylation sites (tertiary alicyclic amines) is 1. The van der Waals surface area contributed by atoms with Gasteiger partial charge in [0.05, 0.1) is 31.1 Å². The quantitative estimate of drug-likeness (QED) is 0.736. The summed E-state index contributed by atoms with van der Waals surface area (Å²) in [4.78, 5) is 6.38. The molecular formula is C18H29FN2O2. The van der Waals surface area contributed by atoms with Crippen LogP contribution < -0.4 is 0 Å². The minimum Gasteiger partial charge on any atom is -0.377 e.